The zero-order chi connectivity index (χ0) is 14.8. The minimum absolute atomic E-state index is 0.0346. The summed E-state index contributed by atoms with van der Waals surface area (Å²) < 4.78 is 6.53. The minimum atomic E-state index is -0.0346. The summed E-state index contributed by atoms with van der Waals surface area (Å²) in [6.45, 7) is 2.44. The van der Waals surface area contributed by atoms with Crippen molar-refractivity contribution >= 4 is 32.6 Å². The van der Waals surface area contributed by atoms with E-state index in [-0.39, 0.29) is 5.78 Å². The van der Waals surface area contributed by atoms with Crippen molar-refractivity contribution < 1.29 is 9.53 Å². The average molecular weight is 344 g/mol. The molecule has 1 aromatic heterocycles. The van der Waals surface area contributed by atoms with Gasteiger partial charge in [0.05, 0.1) is 12.2 Å². The molecule has 0 atom stereocenters. The van der Waals surface area contributed by atoms with Gasteiger partial charge in [0.2, 0.25) is 0 Å². The van der Waals surface area contributed by atoms with Crippen molar-refractivity contribution in [1.82, 2.24) is 4.98 Å². The molecule has 1 N–H and O–H groups in total. The van der Waals surface area contributed by atoms with Crippen molar-refractivity contribution in [1.29, 1.82) is 0 Å². The van der Waals surface area contributed by atoms with Gasteiger partial charge in [0, 0.05) is 27.1 Å². The van der Waals surface area contributed by atoms with Crippen molar-refractivity contribution in [2.45, 2.75) is 6.92 Å². The molecular weight excluding hydrogens is 330 g/mol. The van der Waals surface area contributed by atoms with Crippen molar-refractivity contribution in [2.24, 2.45) is 0 Å². The summed E-state index contributed by atoms with van der Waals surface area (Å²) in [5.41, 5.74) is 2.18. The Morgan fingerprint density at radius 2 is 2.00 bits per heavy atom. The first kappa shape index (κ1) is 13.9. The van der Waals surface area contributed by atoms with Gasteiger partial charge in [-0.3, -0.25) is 4.79 Å². The summed E-state index contributed by atoms with van der Waals surface area (Å²) in [5.74, 6) is 0.587. The lowest BCUT2D eigenvalue weighted by molar-refractivity contribution is 0.103. The fraction of sp³-hybridized carbons (Fsp3) is 0.118. The molecule has 4 heteroatoms. The number of ether oxygens (including phenoxy) is 1. The number of rotatable bonds is 4. The highest BCUT2D eigenvalue weighted by molar-refractivity contribution is 9.10. The second kappa shape index (κ2) is 5.74. The Morgan fingerprint density at radius 1 is 1.19 bits per heavy atom. The Balaban J connectivity index is 2.09. The highest BCUT2D eigenvalue weighted by Gasteiger charge is 2.17. The number of aromatic amines is 1. The molecule has 1 heterocycles. The fourth-order valence-corrected chi connectivity index (χ4v) is 2.73. The zero-order valence-corrected chi connectivity index (χ0v) is 13.1. The van der Waals surface area contributed by atoms with Crippen LogP contribution in [0, 0.1) is 0 Å². The Kier molecular flexibility index (Phi) is 3.80. The largest absolute Gasteiger partial charge is 0.493 e. The lowest BCUT2D eigenvalue weighted by Gasteiger charge is -2.08. The van der Waals surface area contributed by atoms with Crippen LogP contribution in [0.25, 0.3) is 10.9 Å². The van der Waals surface area contributed by atoms with Gasteiger partial charge in [-0.2, -0.15) is 0 Å². The molecule has 0 saturated heterocycles. The SMILES string of the molecule is CCOc1ccccc1C(=O)c1c[nH]c2cc(Br)ccc12. The van der Waals surface area contributed by atoms with Gasteiger partial charge in [0.15, 0.2) is 5.78 Å². The summed E-state index contributed by atoms with van der Waals surface area (Å²) in [7, 11) is 0. The molecule has 3 nitrogen and oxygen atoms in total. The Hall–Kier alpha value is -2.07. The molecule has 0 radical (unpaired) electrons. The van der Waals surface area contributed by atoms with E-state index >= 15 is 0 Å². The maximum Gasteiger partial charge on any atom is 0.198 e. The van der Waals surface area contributed by atoms with E-state index in [4.69, 9.17) is 4.74 Å². The highest BCUT2D eigenvalue weighted by atomic mass is 79.9. The number of para-hydroxylation sites is 1. The molecule has 3 rings (SSSR count). The smallest absolute Gasteiger partial charge is 0.198 e. The van der Waals surface area contributed by atoms with Crippen LogP contribution in [0.5, 0.6) is 5.75 Å². The first-order valence-corrected chi connectivity index (χ1v) is 7.53. The van der Waals surface area contributed by atoms with E-state index in [9.17, 15) is 4.79 Å². The Labute approximate surface area is 131 Å². The van der Waals surface area contributed by atoms with Gasteiger partial charge in [0.25, 0.3) is 0 Å². The standard InChI is InChI=1S/C17H14BrNO2/c1-2-21-16-6-4-3-5-13(16)17(20)14-10-19-15-9-11(18)7-8-12(14)15/h3-10,19H,2H2,1H3. The lowest BCUT2D eigenvalue weighted by Crippen LogP contribution is -2.04. The third-order valence-corrected chi connectivity index (χ3v) is 3.81. The van der Waals surface area contributed by atoms with Crippen molar-refractivity contribution in [3.63, 3.8) is 0 Å². The number of carbonyl (C=O) groups excluding carboxylic acids is 1. The van der Waals surface area contributed by atoms with E-state index in [1.165, 1.54) is 0 Å². The molecule has 0 aliphatic heterocycles. The van der Waals surface area contributed by atoms with Gasteiger partial charge in [-0.15, -0.1) is 0 Å². The molecule has 0 fully saturated rings. The molecule has 106 valence electrons. The second-order valence-corrected chi connectivity index (χ2v) is 5.57. The predicted molar refractivity (Wildman–Crippen MR) is 87.0 cm³/mol. The van der Waals surface area contributed by atoms with Crippen LogP contribution in [0.2, 0.25) is 0 Å². The van der Waals surface area contributed by atoms with Crippen molar-refractivity contribution in [3.8, 4) is 5.75 Å². The summed E-state index contributed by atoms with van der Waals surface area (Å²) in [4.78, 5) is 15.9. The third kappa shape index (κ3) is 2.59. The van der Waals surface area contributed by atoms with Gasteiger partial charge in [-0.1, -0.05) is 34.1 Å². The van der Waals surface area contributed by atoms with Crippen LogP contribution in [0.4, 0.5) is 0 Å². The van der Waals surface area contributed by atoms with Gasteiger partial charge < -0.3 is 9.72 Å². The molecule has 0 unspecified atom stereocenters. The molecule has 0 spiro atoms. The Bertz CT molecular complexity index is 807. The number of carbonyl (C=O) groups is 1. The van der Waals surface area contributed by atoms with Crippen LogP contribution in [-0.2, 0) is 0 Å². The van der Waals surface area contributed by atoms with Crippen LogP contribution in [0.1, 0.15) is 22.8 Å². The third-order valence-electron chi connectivity index (χ3n) is 3.32. The summed E-state index contributed by atoms with van der Waals surface area (Å²) in [6.07, 6.45) is 1.75. The van der Waals surface area contributed by atoms with Gasteiger partial charge >= 0.3 is 0 Å². The van der Waals surface area contributed by atoms with Crippen molar-refractivity contribution in [3.05, 3.63) is 64.3 Å². The van der Waals surface area contributed by atoms with E-state index in [0.717, 1.165) is 15.4 Å². The first-order chi connectivity index (χ1) is 10.2. The number of H-pyrrole nitrogens is 1. The van der Waals surface area contributed by atoms with Gasteiger partial charge in [-0.25, -0.2) is 0 Å². The maximum atomic E-state index is 12.8. The first-order valence-electron chi connectivity index (χ1n) is 6.74. The average Bonchev–Trinajstić information content (AvgIpc) is 2.90. The quantitative estimate of drug-likeness (QED) is 0.705. The number of hydrogen-bond donors (Lipinski definition) is 1. The predicted octanol–water partition coefficient (Wildman–Crippen LogP) is 4.56. The van der Waals surface area contributed by atoms with Gasteiger partial charge in [0.1, 0.15) is 5.75 Å². The lowest BCUT2D eigenvalue weighted by atomic mass is 10.0. The van der Waals surface area contributed by atoms with E-state index in [2.05, 4.69) is 20.9 Å². The van der Waals surface area contributed by atoms with E-state index in [1.54, 1.807) is 12.3 Å². The second-order valence-electron chi connectivity index (χ2n) is 4.65. The number of halogens is 1. The molecule has 0 amide bonds. The molecule has 21 heavy (non-hydrogen) atoms. The van der Waals surface area contributed by atoms with E-state index < -0.39 is 0 Å². The summed E-state index contributed by atoms with van der Waals surface area (Å²) in [6, 6.07) is 13.2. The summed E-state index contributed by atoms with van der Waals surface area (Å²) in [5, 5.41) is 0.912. The monoisotopic (exact) mass is 343 g/mol. The normalized spacial score (nSPS) is 10.8. The number of hydrogen-bond acceptors (Lipinski definition) is 2. The van der Waals surface area contributed by atoms with Gasteiger partial charge in [-0.05, 0) is 31.2 Å². The molecule has 0 saturated carbocycles. The number of fused-ring (bicyclic) bond motifs is 1. The van der Waals surface area contributed by atoms with Crippen LogP contribution < -0.4 is 4.74 Å². The molecule has 3 aromatic rings. The van der Waals surface area contributed by atoms with Crippen molar-refractivity contribution in [2.75, 3.05) is 6.61 Å². The zero-order valence-electron chi connectivity index (χ0n) is 11.5. The van der Waals surface area contributed by atoms with Crippen LogP contribution in [0.15, 0.2) is 53.1 Å². The minimum Gasteiger partial charge on any atom is -0.493 e. The molecular formula is C17H14BrNO2. The number of ketones is 1. The fourth-order valence-electron chi connectivity index (χ4n) is 2.37. The summed E-state index contributed by atoms with van der Waals surface area (Å²) >= 11 is 3.43. The number of benzene rings is 2. The number of aromatic nitrogens is 1. The van der Waals surface area contributed by atoms with Crippen LogP contribution >= 0.6 is 15.9 Å². The topological polar surface area (TPSA) is 42.1 Å². The van der Waals surface area contributed by atoms with Crippen LogP contribution in [-0.4, -0.2) is 17.4 Å². The van der Waals surface area contributed by atoms with E-state index in [0.29, 0.717) is 23.5 Å². The number of nitrogens with one attached hydrogen (secondary N) is 1. The Morgan fingerprint density at radius 3 is 2.81 bits per heavy atom. The molecule has 2 aromatic carbocycles. The molecule has 0 aliphatic rings. The highest BCUT2D eigenvalue weighted by Crippen LogP contribution is 2.27. The molecule has 0 bridgehead atoms. The van der Waals surface area contributed by atoms with E-state index in [1.807, 2.05) is 43.3 Å². The maximum absolute atomic E-state index is 12.8. The molecule has 0 aliphatic carbocycles. The van der Waals surface area contributed by atoms with Crippen LogP contribution in [0.3, 0.4) is 0 Å².